The van der Waals surface area contributed by atoms with Crippen molar-refractivity contribution in [1.29, 1.82) is 0 Å². The zero-order valence-electron chi connectivity index (χ0n) is 18.1. The highest BCUT2D eigenvalue weighted by Gasteiger charge is 2.41. The van der Waals surface area contributed by atoms with E-state index in [0.29, 0.717) is 41.8 Å². The largest absolute Gasteiger partial charge is 0.346 e. The van der Waals surface area contributed by atoms with Crippen LogP contribution in [0.4, 0.5) is 24.8 Å². The smallest absolute Gasteiger partial charge is 0.241 e. The molecule has 5 heterocycles. The summed E-state index contributed by atoms with van der Waals surface area (Å²) in [7, 11) is 1.87. The van der Waals surface area contributed by atoms with Gasteiger partial charge in [-0.2, -0.15) is 0 Å². The van der Waals surface area contributed by atoms with Gasteiger partial charge in [0.05, 0.1) is 40.2 Å². The van der Waals surface area contributed by atoms with Crippen LogP contribution in [-0.2, 0) is 5.41 Å². The molecule has 5 rings (SSSR count). The van der Waals surface area contributed by atoms with Gasteiger partial charge in [0, 0.05) is 37.0 Å². The van der Waals surface area contributed by atoms with Gasteiger partial charge in [0.15, 0.2) is 0 Å². The Bertz CT molecular complexity index is 1210. The van der Waals surface area contributed by atoms with Crippen molar-refractivity contribution in [3.63, 3.8) is 0 Å². The van der Waals surface area contributed by atoms with Gasteiger partial charge in [0.1, 0.15) is 6.17 Å². The average molecular weight is 443 g/mol. The molecule has 0 amide bonds. The molecule has 7 nitrogen and oxygen atoms in total. The maximum absolute atomic E-state index is 14.1. The molecule has 2 aliphatic heterocycles. The molecule has 1 fully saturated rings. The first-order valence-corrected chi connectivity index (χ1v) is 10.5. The molecule has 0 saturated carbocycles. The predicted molar refractivity (Wildman–Crippen MR) is 117 cm³/mol. The Kier molecular flexibility index (Phi) is 4.92. The van der Waals surface area contributed by atoms with Crippen LogP contribution in [0.2, 0.25) is 0 Å². The van der Waals surface area contributed by atoms with E-state index in [1.807, 2.05) is 30.1 Å². The fourth-order valence-corrected chi connectivity index (χ4v) is 4.56. The molecule has 32 heavy (non-hydrogen) atoms. The van der Waals surface area contributed by atoms with Crippen LogP contribution >= 0.6 is 0 Å². The lowest BCUT2D eigenvalue weighted by Crippen LogP contribution is -2.31. The molecule has 0 aliphatic carbocycles. The number of halogens is 3. The Balaban J connectivity index is 1.46. The highest BCUT2D eigenvalue weighted by atomic mass is 19.3. The molecule has 0 spiro atoms. The molecule has 168 valence electrons. The first kappa shape index (κ1) is 20.9. The van der Waals surface area contributed by atoms with E-state index < -0.39 is 18.0 Å². The molecule has 0 bridgehead atoms. The van der Waals surface area contributed by atoms with Gasteiger partial charge in [0.2, 0.25) is 12.4 Å². The summed E-state index contributed by atoms with van der Waals surface area (Å²) in [4.78, 5) is 15.5. The number of hydrogen-bond acceptors (Lipinski definition) is 6. The lowest BCUT2D eigenvalue weighted by molar-refractivity contribution is 0.121. The summed E-state index contributed by atoms with van der Waals surface area (Å²) in [6, 6.07) is 5.14. The summed E-state index contributed by atoms with van der Waals surface area (Å²) >= 11 is 0. The minimum atomic E-state index is -2.46. The van der Waals surface area contributed by atoms with E-state index >= 15 is 0 Å². The van der Waals surface area contributed by atoms with E-state index in [1.54, 1.807) is 30.8 Å². The highest BCUT2D eigenvalue weighted by molar-refractivity contribution is 5.99. The van der Waals surface area contributed by atoms with E-state index in [2.05, 4.69) is 20.4 Å². The van der Waals surface area contributed by atoms with Gasteiger partial charge >= 0.3 is 0 Å². The van der Waals surface area contributed by atoms with Gasteiger partial charge in [-0.3, -0.25) is 4.99 Å². The van der Waals surface area contributed by atoms with Crippen molar-refractivity contribution in [2.24, 2.45) is 4.99 Å². The summed E-state index contributed by atoms with van der Waals surface area (Å²) in [6.07, 6.45) is -0.332. The summed E-state index contributed by atoms with van der Waals surface area (Å²) in [5.74, 6) is 0.345. The first-order chi connectivity index (χ1) is 15.2. The van der Waals surface area contributed by atoms with Gasteiger partial charge in [0.25, 0.3) is 0 Å². The van der Waals surface area contributed by atoms with Gasteiger partial charge in [-0.15, -0.1) is 5.10 Å². The Morgan fingerprint density at radius 3 is 2.78 bits per heavy atom. The molecular formula is C22H24F3N7. The van der Waals surface area contributed by atoms with E-state index in [4.69, 9.17) is 4.98 Å². The lowest BCUT2D eigenvalue weighted by atomic mass is 9.80. The molecule has 10 heteroatoms. The SMILES string of the molecule is CC1=Nc2ccc(-c3ccn4nc(N[C@@H]5CN(C)C[C@H]5F)ncc34)nc2C1(C)CC(F)F. The van der Waals surface area contributed by atoms with Gasteiger partial charge < -0.3 is 10.2 Å². The zero-order chi connectivity index (χ0) is 22.6. The van der Waals surface area contributed by atoms with Crippen molar-refractivity contribution in [2.75, 3.05) is 25.5 Å². The zero-order valence-corrected chi connectivity index (χ0v) is 18.1. The minimum absolute atomic E-state index is 0.327. The van der Waals surface area contributed by atoms with E-state index in [9.17, 15) is 13.2 Å². The number of aromatic nitrogens is 4. The summed E-state index contributed by atoms with van der Waals surface area (Å²) in [5, 5.41) is 7.52. The molecule has 0 aromatic carbocycles. The average Bonchev–Trinajstić information content (AvgIpc) is 3.36. The number of anilines is 1. The standard InChI is InChI=1S/C22H24F3N7/c1-12-22(2,8-19(24)25)20-16(27-12)5-4-15(28-20)13-6-7-32-18(13)9-26-21(30-32)29-17-11-31(3)10-14(17)23/h4-7,9,14,17,19H,8,10-11H2,1-3H3,(H,29,30)/t14-,17-,22?/m1/s1. The number of nitrogens with one attached hydrogen (secondary N) is 1. The fourth-order valence-electron chi connectivity index (χ4n) is 4.56. The predicted octanol–water partition coefficient (Wildman–Crippen LogP) is 3.87. The second-order valence-corrected chi connectivity index (χ2v) is 8.82. The van der Waals surface area contributed by atoms with Crippen LogP contribution in [0, 0.1) is 0 Å². The Labute approximate surface area is 183 Å². The Hall–Kier alpha value is -3.01. The second-order valence-electron chi connectivity index (χ2n) is 8.82. The molecule has 1 saturated heterocycles. The van der Waals surface area contributed by atoms with Crippen molar-refractivity contribution in [3.8, 4) is 11.3 Å². The summed E-state index contributed by atoms with van der Waals surface area (Å²) in [5.41, 5.74) is 3.07. The van der Waals surface area contributed by atoms with Crippen molar-refractivity contribution in [2.45, 2.75) is 44.3 Å². The van der Waals surface area contributed by atoms with Gasteiger partial charge in [-0.25, -0.2) is 27.7 Å². The third kappa shape index (κ3) is 3.42. The minimum Gasteiger partial charge on any atom is -0.346 e. The maximum atomic E-state index is 14.1. The lowest BCUT2D eigenvalue weighted by Gasteiger charge is -2.24. The van der Waals surface area contributed by atoms with Gasteiger partial charge in [-0.1, -0.05) is 0 Å². The number of aliphatic imine (C=N–C) groups is 1. The van der Waals surface area contributed by atoms with Gasteiger partial charge in [-0.05, 0) is 39.1 Å². The molecular weight excluding hydrogens is 419 g/mol. The number of fused-ring (bicyclic) bond motifs is 2. The van der Waals surface area contributed by atoms with Crippen molar-refractivity contribution >= 4 is 22.9 Å². The maximum Gasteiger partial charge on any atom is 0.241 e. The number of likely N-dealkylation sites (N-methyl/N-ethyl adjacent to an activating group) is 1. The molecule has 1 unspecified atom stereocenters. The number of pyridine rings is 1. The van der Waals surface area contributed by atoms with E-state index in [-0.39, 0.29) is 12.5 Å². The molecule has 3 aromatic heterocycles. The highest BCUT2D eigenvalue weighted by Crippen LogP contribution is 2.43. The van der Waals surface area contributed by atoms with Crippen LogP contribution < -0.4 is 5.32 Å². The Morgan fingerprint density at radius 2 is 2.06 bits per heavy atom. The monoisotopic (exact) mass is 443 g/mol. The van der Waals surface area contributed by atoms with Crippen LogP contribution in [0.1, 0.15) is 26.0 Å². The summed E-state index contributed by atoms with van der Waals surface area (Å²) in [6.45, 7) is 4.49. The molecule has 3 atom stereocenters. The van der Waals surface area contributed by atoms with Crippen molar-refractivity contribution in [1.82, 2.24) is 24.5 Å². The van der Waals surface area contributed by atoms with Crippen LogP contribution in [-0.4, -0.2) is 69.0 Å². The number of likely N-dealkylation sites (tertiary alicyclic amines) is 1. The number of nitrogens with zero attached hydrogens (tertiary/aromatic N) is 6. The third-order valence-electron chi connectivity index (χ3n) is 6.48. The molecule has 0 radical (unpaired) electrons. The normalized spacial score (nSPS) is 25.5. The Morgan fingerprint density at radius 1 is 1.25 bits per heavy atom. The van der Waals surface area contributed by atoms with Crippen LogP contribution in [0.3, 0.4) is 0 Å². The van der Waals surface area contributed by atoms with Crippen molar-refractivity contribution < 1.29 is 13.2 Å². The van der Waals surface area contributed by atoms with E-state index in [1.165, 1.54) is 0 Å². The number of hydrogen-bond donors (Lipinski definition) is 1. The quantitative estimate of drug-likeness (QED) is 0.648. The van der Waals surface area contributed by atoms with Crippen molar-refractivity contribution in [3.05, 3.63) is 36.3 Å². The number of alkyl halides is 3. The van der Waals surface area contributed by atoms with E-state index in [0.717, 1.165) is 11.1 Å². The molecule has 1 N–H and O–H groups in total. The van der Waals surface area contributed by atoms with Crippen LogP contribution in [0.15, 0.2) is 35.6 Å². The fraction of sp³-hybridized carbons (Fsp3) is 0.455. The topological polar surface area (TPSA) is 70.7 Å². The third-order valence-corrected chi connectivity index (χ3v) is 6.48. The van der Waals surface area contributed by atoms with Crippen LogP contribution in [0.5, 0.6) is 0 Å². The summed E-state index contributed by atoms with van der Waals surface area (Å²) < 4.78 is 42.3. The molecule has 2 aliphatic rings. The number of rotatable bonds is 5. The molecule has 3 aromatic rings. The van der Waals surface area contributed by atoms with Crippen LogP contribution in [0.25, 0.3) is 16.8 Å². The first-order valence-electron chi connectivity index (χ1n) is 10.5. The second kappa shape index (κ2) is 7.54.